The van der Waals surface area contributed by atoms with Crippen LogP contribution in [0.2, 0.25) is 0 Å². The molecule has 3 heteroatoms. The fourth-order valence-electron chi connectivity index (χ4n) is 2.18. The molecule has 18 heavy (non-hydrogen) atoms. The van der Waals surface area contributed by atoms with Gasteiger partial charge in [-0.1, -0.05) is 32.0 Å². The number of anilines is 1. The molecule has 96 valence electrons. The topological polar surface area (TPSA) is 29.9 Å². The van der Waals surface area contributed by atoms with Crippen LogP contribution < -0.4 is 5.32 Å². The lowest BCUT2D eigenvalue weighted by Crippen LogP contribution is -2.07. The van der Waals surface area contributed by atoms with Crippen molar-refractivity contribution in [2.75, 3.05) is 5.32 Å². The van der Waals surface area contributed by atoms with Crippen LogP contribution in [0.1, 0.15) is 36.7 Å². The van der Waals surface area contributed by atoms with E-state index in [0.29, 0.717) is 5.92 Å². The number of nitrogens with one attached hydrogen (secondary N) is 1. The summed E-state index contributed by atoms with van der Waals surface area (Å²) in [5.41, 5.74) is 4.83. The molecule has 1 aromatic heterocycles. The maximum atomic E-state index is 4.36. The molecule has 0 amide bonds. The largest absolute Gasteiger partial charge is 0.379 e. The number of benzene rings is 1. The Kier molecular flexibility index (Phi) is 3.70. The van der Waals surface area contributed by atoms with Crippen LogP contribution in [0.5, 0.6) is 0 Å². The molecule has 0 spiro atoms. The number of aryl methyl sites for hydroxylation is 2. The Bertz CT molecular complexity index is 526. The van der Waals surface area contributed by atoms with Gasteiger partial charge in [0.2, 0.25) is 0 Å². The first kappa shape index (κ1) is 12.7. The second-order valence-corrected chi connectivity index (χ2v) is 5.00. The molecule has 0 atom stereocenters. The minimum absolute atomic E-state index is 0.530. The summed E-state index contributed by atoms with van der Waals surface area (Å²) >= 11 is 0. The molecular weight excluding hydrogens is 222 g/mol. The minimum Gasteiger partial charge on any atom is -0.379 e. The maximum absolute atomic E-state index is 4.36. The van der Waals surface area contributed by atoms with Crippen molar-refractivity contribution in [1.29, 1.82) is 0 Å². The molecule has 3 nitrogen and oxygen atoms in total. The summed E-state index contributed by atoms with van der Waals surface area (Å²) in [6, 6.07) is 10.6. The number of rotatable bonds is 4. The SMILES string of the molecule is Cc1cc(CNc2ccccc2C(C)C)n(C)n1. The summed E-state index contributed by atoms with van der Waals surface area (Å²) in [6.45, 7) is 7.26. The van der Waals surface area contributed by atoms with Crippen LogP contribution in [-0.4, -0.2) is 9.78 Å². The van der Waals surface area contributed by atoms with Gasteiger partial charge in [0.1, 0.15) is 0 Å². The van der Waals surface area contributed by atoms with Crippen LogP contribution in [0.25, 0.3) is 0 Å². The number of nitrogens with zero attached hydrogens (tertiary/aromatic N) is 2. The summed E-state index contributed by atoms with van der Waals surface area (Å²) in [6.07, 6.45) is 0. The summed E-state index contributed by atoms with van der Waals surface area (Å²) in [7, 11) is 1.98. The number of aromatic nitrogens is 2. The number of hydrogen-bond acceptors (Lipinski definition) is 2. The molecule has 0 saturated heterocycles. The molecule has 1 heterocycles. The predicted molar refractivity (Wildman–Crippen MR) is 75.8 cm³/mol. The summed E-state index contributed by atoms with van der Waals surface area (Å²) in [4.78, 5) is 0. The van der Waals surface area contributed by atoms with Gasteiger partial charge >= 0.3 is 0 Å². The lowest BCUT2D eigenvalue weighted by molar-refractivity contribution is 0.712. The molecular formula is C15H21N3. The molecule has 0 saturated carbocycles. The zero-order chi connectivity index (χ0) is 13.1. The molecule has 2 rings (SSSR count). The van der Waals surface area contributed by atoms with Gasteiger partial charge in [-0.3, -0.25) is 4.68 Å². The van der Waals surface area contributed by atoms with E-state index in [-0.39, 0.29) is 0 Å². The second-order valence-electron chi connectivity index (χ2n) is 5.00. The smallest absolute Gasteiger partial charge is 0.0597 e. The van der Waals surface area contributed by atoms with Gasteiger partial charge in [0.25, 0.3) is 0 Å². The van der Waals surface area contributed by atoms with Crippen molar-refractivity contribution in [2.24, 2.45) is 7.05 Å². The summed E-state index contributed by atoms with van der Waals surface area (Å²) < 4.78 is 1.93. The highest BCUT2D eigenvalue weighted by Gasteiger charge is 2.06. The molecule has 0 aliphatic carbocycles. The Morgan fingerprint density at radius 3 is 2.61 bits per heavy atom. The maximum Gasteiger partial charge on any atom is 0.0597 e. The van der Waals surface area contributed by atoms with Crippen molar-refractivity contribution in [1.82, 2.24) is 9.78 Å². The van der Waals surface area contributed by atoms with Crippen molar-refractivity contribution >= 4 is 5.69 Å². The summed E-state index contributed by atoms with van der Waals surface area (Å²) in [5.74, 6) is 0.530. The van der Waals surface area contributed by atoms with Gasteiger partial charge in [0.05, 0.1) is 17.9 Å². The second kappa shape index (κ2) is 5.25. The molecule has 1 aromatic carbocycles. The van der Waals surface area contributed by atoms with E-state index in [9.17, 15) is 0 Å². The first-order valence-corrected chi connectivity index (χ1v) is 6.40. The molecule has 0 radical (unpaired) electrons. The molecule has 0 unspecified atom stereocenters. The fourth-order valence-corrected chi connectivity index (χ4v) is 2.18. The van der Waals surface area contributed by atoms with Crippen LogP contribution in [-0.2, 0) is 13.6 Å². The van der Waals surface area contributed by atoms with Crippen molar-refractivity contribution in [3.05, 3.63) is 47.3 Å². The van der Waals surface area contributed by atoms with E-state index in [1.54, 1.807) is 0 Å². The van der Waals surface area contributed by atoms with Crippen LogP contribution in [0.15, 0.2) is 30.3 Å². The highest BCUT2D eigenvalue weighted by Crippen LogP contribution is 2.24. The Balaban J connectivity index is 2.13. The van der Waals surface area contributed by atoms with Crippen molar-refractivity contribution < 1.29 is 0 Å². The summed E-state index contributed by atoms with van der Waals surface area (Å²) in [5, 5.41) is 7.86. The van der Waals surface area contributed by atoms with Crippen LogP contribution >= 0.6 is 0 Å². The highest BCUT2D eigenvalue weighted by molar-refractivity contribution is 5.52. The standard InChI is InChI=1S/C15H21N3/c1-11(2)14-7-5-6-8-15(14)16-10-13-9-12(3)17-18(13)4/h5-9,11,16H,10H2,1-4H3. The molecule has 2 aromatic rings. The normalized spacial score (nSPS) is 10.9. The third-order valence-corrected chi connectivity index (χ3v) is 3.14. The van der Waals surface area contributed by atoms with Gasteiger partial charge in [0.15, 0.2) is 0 Å². The van der Waals surface area contributed by atoms with Gasteiger partial charge in [0, 0.05) is 12.7 Å². The van der Waals surface area contributed by atoms with E-state index >= 15 is 0 Å². The average molecular weight is 243 g/mol. The van der Waals surface area contributed by atoms with E-state index in [1.807, 2.05) is 18.7 Å². The van der Waals surface area contributed by atoms with Crippen LogP contribution in [0.3, 0.4) is 0 Å². The number of para-hydroxylation sites is 1. The van der Waals surface area contributed by atoms with Gasteiger partial charge in [-0.25, -0.2) is 0 Å². The van der Waals surface area contributed by atoms with E-state index in [4.69, 9.17) is 0 Å². The van der Waals surface area contributed by atoms with Gasteiger partial charge in [-0.15, -0.1) is 0 Å². The quantitative estimate of drug-likeness (QED) is 0.891. The average Bonchev–Trinajstić information content (AvgIpc) is 2.65. The molecule has 1 N–H and O–H groups in total. The third-order valence-electron chi connectivity index (χ3n) is 3.14. The molecule has 0 aliphatic heterocycles. The molecule has 0 aliphatic rings. The van der Waals surface area contributed by atoms with Gasteiger partial charge in [-0.05, 0) is 30.5 Å². The van der Waals surface area contributed by atoms with E-state index in [0.717, 1.165) is 12.2 Å². The Morgan fingerprint density at radius 2 is 2.00 bits per heavy atom. The van der Waals surface area contributed by atoms with E-state index < -0.39 is 0 Å². The van der Waals surface area contributed by atoms with Crippen molar-refractivity contribution in [2.45, 2.75) is 33.2 Å². The Labute approximate surface area is 109 Å². The van der Waals surface area contributed by atoms with Crippen LogP contribution in [0.4, 0.5) is 5.69 Å². The highest BCUT2D eigenvalue weighted by atomic mass is 15.3. The lowest BCUT2D eigenvalue weighted by atomic mass is 10.0. The number of hydrogen-bond donors (Lipinski definition) is 1. The lowest BCUT2D eigenvalue weighted by Gasteiger charge is -2.14. The van der Waals surface area contributed by atoms with Crippen LogP contribution in [0, 0.1) is 6.92 Å². The van der Waals surface area contributed by atoms with Crippen molar-refractivity contribution in [3.63, 3.8) is 0 Å². The van der Waals surface area contributed by atoms with E-state index in [2.05, 4.69) is 54.6 Å². The first-order chi connectivity index (χ1) is 8.58. The Morgan fingerprint density at radius 1 is 1.28 bits per heavy atom. The molecule has 0 bridgehead atoms. The van der Waals surface area contributed by atoms with E-state index in [1.165, 1.54) is 16.9 Å². The minimum atomic E-state index is 0.530. The zero-order valence-corrected chi connectivity index (χ0v) is 11.6. The fraction of sp³-hybridized carbons (Fsp3) is 0.400. The van der Waals surface area contributed by atoms with Gasteiger partial charge < -0.3 is 5.32 Å². The Hall–Kier alpha value is -1.77. The molecule has 0 fully saturated rings. The van der Waals surface area contributed by atoms with Crippen molar-refractivity contribution in [3.8, 4) is 0 Å². The predicted octanol–water partition coefficient (Wildman–Crippen LogP) is 3.46. The van der Waals surface area contributed by atoms with Gasteiger partial charge in [-0.2, -0.15) is 5.10 Å². The first-order valence-electron chi connectivity index (χ1n) is 6.40. The monoisotopic (exact) mass is 243 g/mol. The zero-order valence-electron chi connectivity index (χ0n) is 11.6. The third kappa shape index (κ3) is 2.73.